The topological polar surface area (TPSA) is 33.2 Å². The van der Waals surface area contributed by atoms with Gasteiger partial charge in [0.1, 0.15) is 5.82 Å². The van der Waals surface area contributed by atoms with E-state index in [0.717, 1.165) is 16.9 Å². The molecular formula is C22H17FN2OS2. The number of carbonyl (C=O) groups excluding carboxylic acids is 1. The van der Waals surface area contributed by atoms with Crippen LogP contribution in [0, 0.1) is 5.82 Å². The summed E-state index contributed by atoms with van der Waals surface area (Å²) in [6.45, 7) is 0. The molecule has 4 rings (SSSR count). The predicted molar refractivity (Wildman–Crippen MR) is 114 cm³/mol. The number of anilines is 2. The van der Waals surface area contributed by atoms with Crippen LogP contribution in [-0.2, 0) is 11.2 Å². The second-order valence-corrected chi connectivity index (χ2v) is 8.04. The summed E-state index contributed by atoms with van der Waals surface area (Å²) in [5.41, 5.74) is 2.34. The summed E-state index contributed by atoms with van der Waals surface area (Å²) in [4.78, 5) is 20.6. The number of nitrogens with zero attached hydrogens (tertiary/aromatic N) is 2. The van der Waals surface area contributed by atoms with Crippen LogP contribution in [0.5, 0.6) is 0 Å². The van der Waals surface area contributed by atoms with Gasteiger partial charge < -0.3 is 0 Å². The number of amides is 1. The molecule has 0 atom stereocenters. The molecule has 4 aromatic rings. The molecule has 0 spiro atoms. The van der Waals surface area contributed by atoms with E-state index >= 15 is 0 Å². The van der Waals surface area contributed by atoms with E-state index in [9.17, 15) is 9.18 Å². The Balaban J connectivity index is 1.62. The highest BCUT2D eigenvalue weighted by Gasteiger charge is 2.21. The Bertz CT molecular complexity index is 1040. The van der Waals surface area contributed by atoms with Crippen LogP contribution < -0.4 is 4.90 Å². The number of para-hydroxylation sites is 1. The van der Waals surface area contributed by atoms with Gasteiger partial charge in [-0.2, -0.15) is 0 Å². The maximum absolute atomic E-state index is 13.2. The first-order valence-electron chi connectivity index (χ1n) is 8.82. The highest BCUT2D eigenvalue weighted by molar-refractivity contribution is 7.14. The smallest absolute Gasteiger partial charge is 0.233 e. The van der Waals surface area contributed by atoms with Gasteiger partial charge in [-0.3, -0.25) is 9.69 Å². The lowest BCUT2D eigenvalue weighted by Gasteiger charge is -2.20. The minimum atomic E-state index is -0.283. The molecule has 2 aromatic carbocycles. The van der Waals surface area contributed by atoms with Crippen molar-refractivity contribution in [3.8, 4) is 11.3 Å². The maximum atomic E-state index is 13.2. The van der Waals surface area contributed by atoms with Crippen LogP contribution in [0.1, 0.15) is 11.3 Å². The average molecular weight is 409 g/mol. The number of thiazole rings is 1. The van der Waals surface area contributed by atoms with E-state index in [1.165, 1.54) is 28.3 Å². The van der Waals surface area contributed by atoms with Crippen LogP contribution in [0.2, 0.25) is 0 Å². The van der Waals surface area contributed by atoms with E-state index in [1.807, 2.05) is 53.2 Å². The van der Waals surface area contributed by atoms with Crippen molar-refractivity contribution >= 4 is 39.4 Å². The lowest BCUT2D eigenvalue weighted by molar-refractivity contribution is -0.117. The van der Waals surface area contributed by atoms with Crippen LogP contribution in [-0.4, -0.2) is 10.9 Å². The van der Waals surface area contributed by atoms with Crippen molar-refractivity contribution in [1.29, 1.82) is 0 Å². The molecular weight excluding hydrogens is 391 g/mol. The van der Waals surface area contributed by atoms with Gasteiger partial charge in [-0.05, 0) is 54.3 Å². The van der Waals surface area contributed by atoms with E-state index in [2.05, 4.69) is 4.98 Å². The maximum Gasteiger partial charge on any atom is 0.233 e. The molecule has 28 heavy (non-hydrogen) atoms. The Morgan fingerprint density at radius 3 is 2.46 bits per heavy atom. The standard InChI is InChI=1S/C22H17FN2OS2/c23-17-10-8-16(9-11-17)20-15-28-22(24-20)25(18-5-2-1-3-6-18)21(26)13-12-19-7-4-14-27-19/h1-11,14-15H,12-13H2. The first-order chi connectivity index (χ1) is 13.7. The molecule has 0 unspecified atom stereocenters. The Morgan fingerprint density at radius 2 is 1.75 bits per heavy atom. The molecule has 0 aliphatic heterocycles. The number of thiophene rings is 1. The number of carbonyl (C=O) groups is 1. The zero-order valence-corrected chi connectivity index (χ0v) is 16.5. The molecule has 0 fully saturated rings. The van der Waals surface area contributed by atoms with Crippen LogP contribution in [0.4, 0.5) is 15.2 Å². The van der Waals surface area contributed by atoms with Crippen molar-refractivity contribution in [3.63, 3.8) is 0 Å². The van der Waals surface area contributed by atoms with E-state index in [-0.39, 0.29) is 11.7 Å². The van der Waals surface area contributed by atoms with Crippen LogP contribution in [0.25, 0.3) is 11.3 Å². The van der Waals surface area contributed by atoms with Gasteiger partial charge in [0.2, 0.25) is 5.91 Å². The molecule has 2 aromatic heterocycles. The fourth-order valence-electron chi connectivity index (χ4n) is 2.86. The number of aryl methyl sites for hydroxylation is 1. The van der Waals surface area contributed by atoms with Crippen molar-refractivity contribution in [2.75, 3.05) is 4.90 Å². The first-order valence-corrected chi connectivity index (χ1v) is 10.6. The van der Waals surface area contributed by atoms with Crippen LogP contribution in [0.3, 0.4) is 0 Å². The number of rotatable bonds is 6. The van der Waals surface area contributed by atoms with Gasteiger partial charge in [-0.25, -0.2) is 9.37 Å². The molecule has 0 saturated heterocycles. The van der Waals surface area contributed by atoms with Crippen molar-refractivity contribution in [2.24, 2.45) is 0 Å². The first kappa shape index (κ1) is 18.5. The quantitative estimate of drug-likeness (QED) is 0.375. The molecule has 1 amide bonds. The summed E-state index contributed by atoms with van der Waals surface area (Å²) in [5, 5.41) is 4.53. The van der Waals surface area contributed by atoms with E-state index < -0.39 is 0 Å². The van der Waals surface area contributed by atoms with Gasteiger partial charge in [-0.1, -0.05) is 24.3 Å². The summed E-state index contributed by atoms with van der Waals surface area (Å²) < 4.78 is 13.2. The van der Waals surface area contributed by atoms with Gasteiger partial charge in [0.05, 0.1) is 11.4 Å². The van der Waals surface area contributed by atoms with Gasteiger partial charge >= 0.3 is 0 Å². The van der Waals surface area contributed by atoms with Gasteiger partial charge in [0.15, 0.2) is 5.13 Å². The molecule has 0 aliphatic rings. The lowest BCUT2D eigenvalue weighted by Crippen LogP contribution is -2.26. The van der Waals surface area contributed by atoms with Crippen molar-refractivity contribution in [1.82, 2.24) is 4.98 Å². The third-order valence-corrected chi connectivity index (χ3v) is 6.01. The summed E-state index contributed by atoms with van der Waals surface area (Å²) in [6, 6.07) is 19.8. The Hall–Kier alpha value is -2.83. The Morgan fingerprint density at radius 1 is 0.964 bits per heavy atom. The molecule has 0 saturated carbocycles. The molecule has 0 N–H and O–H groups in total. The number of hydrogen-bond donors (Lipinski definition) is 0. The molecule has 2 heterocycles. The number of aromatic nitrogens is 1. The molecule has 140 valence electrons. The largest absolute Gasteiger partial charge is 0.274 e. The zero-order valence-electron chi connectivity index (χ0n) is 14.9. The molecule has 6 heteroatoms. The summed E-state index contributed by atoms with van der Waals surface area (Å²) >= 11 is 3.06. The van der Waals surface area contributed by atoms with Crippen molar-refractivity contribution < 1.29 is 9.18 Å². The summed E-state index contributed by atoms with van der Waals surface area (Å²) in [6.07, 6.45) is 1.11. The van der Waals surface area contributed by atoms with Gasteiger partial charge in [-0.15, -0.1) is 22.7 Å². The second kappa shape index (κ2) is 8.46. The Labute approximate surface area is 170 Å². The SMILES string of the molecule is O=C(CCc1cccs1)N(c1ccccc1)c1nc(-c2ccc(F)cc2)cs1. The van der Waals surface area contributed by atoms with Crippen molar-refractivity contribution in [3.05, 3.63) is 88.2 Å². The monoisotopic (exact) mass is 408 g/mol. The lowest BCUT2D eigenvalue weighted by atomic mass is 10.2. The normalized spacial score (nSPS) is 10.8. The minimum Gasteiger partial charge on any atom is -0.274 e. The second-order valence-electron chi connectivity index (χ2n) is 6.17. The van der Waals surface area contributed by atoms with E-state index in [1.54, 1.807) is 28.4 Å². The molecule has 0 radical (unpaired) electrons. The van der Waals surface area contributed by atoms with E-state index in [4.69, 9.17) is 0 Å². The van der Waals surface area contributed by atoms with Crippen molar-refractivity contribution in [2.45, 2.75) is 12.8 Å². The fraction of sp³-hybridized carbons (Fsp3) is 0.0909. The van der Waals surface area contributed by atoms with Gasteiger partial charge in [0, 0.05) is 22.2 Å². The highest BCUT2D eigenvalue weighted by Crippen LogP contribution is 2.33. The highest BCUT2D eigenvalue weighted by atomic mass is 32.1. The number of hydrogen-bond acceptors (Lipinski definition) is 4. The third-order valence-electron chi connectivity index (χ3n) is 4.25. The van der Waals surface area contributed by atoms with Crippen LogP contribution >= 0.6 is 22.7 Å². The summed E-state index contributed by atoms with van der Waals surface area (Å²) in [5.74, 6) is -0.284. The number of benzene rings is 2. The van der Waals surface area contributed by atoms with Gasteiger partial charge in [0.25, 0.3) is 0 Å². The summed E-state index contributed by atoms with van der Waals surface area (Å²) in [7, 11) is 0. The Kier molecular flexibility index (Phi) is 5.60. The van der Waals surface area contributed by atoms with Crippen LogP contribution in [0.15, 0.2) is 77.5 Å². The average Bonchev–Trinajstić information content (AvgIpc) is 3.40. The third kappa shape index (κ3) is 4.18. The minimum absolute atomic E-state index is 0.000365. The fourth-order valence-corrected chi connectivity index (χ4v) is 4.43. The molecule has 0 bridgehead atoms. The predicted octanol–water partition coefficient (Wildman–Crippen LogP) is 6.31. The van der Waals surface area contributed by atoms with E-state index in [0.29, 0.717) is 18.0 Å². The molecule has 3 nitrogen and oxygen atoms in total. The molecule has 0 aliphatic carbocycles. The zero-order chi connectivity index (χ0) is 19.3. The number of halogens is 1.